The molecule has 116 valence electrons. The summed E-state index contributed by atoms with van der Waals surface area (Å²) in [6, 6.07) is 9.36. The Morgan fingerprint density at radius 3 is 2.86 bits per heavy atom. The largest absolute Gasteiger partial charge is 0.382 e. The molecule has 1 atom stereocenters. The molecule has 1 saturated carbocycles. The highest BCUT2D eigenvalue weighted by molar-refractivity contribution is 5.54. The van der Waals surface area contributed by atoms with Crippen LogP contribution in [0, 0.1) is 5.92 Å². The van der Waals surface area contributed by atoms with E-state index in [1.165, 1.54) is 24.1 Å². The first-order chi connectivity index (χ1) is 10.4. The molecule has 1 aliphatic carbocycles. The molecule has 0 aromatic heterocycles. The molecule has 4 heteroatoms. The number of para-hydroxylation sites is 1. The Kier molecular flexibility index (Phi) is 5.12. The summed E-state index contributed by atoms with van der Waals surface area (Å²) in [5.41, 5.74) is 2.76. The van der Waals surface area contributed by atoms with Gasteiger partial charge in [-0.15, -0.1) is 0 Å². The molecule has 0 radical (unpaired) electrons. The van der Waals surface area contributed by atoms with Gasteiger partial charge in [-0.2, -0.15) is 0 Å². The minimum Gasteiger partial charge on any atom is -0.382 e. The molecule has 1 N–H and O–H groups in total. The molecular weight excluding hydrogens is 264 g/mol. The second-order valence-electron chi connectivity index (χ2n) is 6.00. The number of anilines is 1. The monoisotopic (exact) mass is 290 g/mol. The Bertz CT molecular complexity index is 448. The van der Waals surface area contributed by atoms with Gasteiger partial charge in [-0.3, -0.25) is 0 Å². The van der Waals surface area contributed by atoms with Crippen molar-refractivity contribution < 1.29 is 9.47 Å². The Morgan fingerprint density at radius 2 is 2.05 bits per heavy atom. The first-order valence-electron chi connectivity index (χ1n) is 8.01. The fourth-order valence-corrected chi connectivity index (χ4v) is 3.06. The molecule has 1 fully saturated rings. The van der Waals surface area contributed by atoms with E-state index in [1.807, 2.05) is 0 Å². The Hall–Kier alpha value is -1.10. The summed E-state index contributed by atoms with van der Waals surface area (Å²) in [6.45, 7) is 5.13. The summed E-state index contributed by atoms with van der Waals surface area (Å²) in [4.78, 5) is 2.49. The third kappa shape index (κ3) is 3.96. The number of nitrogens with one attached hydrogen (secondary N) is 1. The average molecular weight is 290 g/mol. The van der Waals surface area contributed by atoms with Gasteiger partial charge in [0.05, 0.1) is 19.8 Å². The van der Waals surface area contributed by atoms with E-state index in [9.17, 15) is 0 Å². The van der Waals surface area contributed by atoms with Gasteiger partial charge in [-0.1, -0.05) is 18.2 Å². The zero-order valence-corrected chi connectivity index (χ0v) is 12.9. The lowest BCUT2D eigenvalue weighted by Gasteiger charge is -2.27. The molecule has 2 aliphatic rings. The normalized spacial score (nSPS) is 22.0. The number of nitrogens with zero attached hydrogens (tertiary/aromatic N) is 1. The third-order valence-electron chi connectivity index (χ3n) is 4.43. The van der Waals surface area contributed by atoms with Gasteiger partial charge in [-0.25, -0.2) is 0 Å². The molecule has 1 heterocycles. The van der Waals surface area contributed by atoms with Crippen molar-refractivity contribution in [2.75, 3.05) is 44.9 Å². The van der Waals surface area contributed by atoms with Crippen molar-refractivity contribution in [3.8, 4) is 0 Å². The highest BCUT2D eigenvalue weighted by Crippen LogP contribution is 2.35. The summed E-state index contributed by atoms with van der Waals surface area (Å²) in [5.74, 6) is 0.872. The molecular formula is C17H26N2O2. The van der Waals surface area contributed by atoms with Gasteiger partial charge in [0.15, 0.2) is 0 Å². The van der Waals surface area contributed by atoms with Crippen molar-refractivity contribution in [3.05, 3.63) is 29.8 Å². The zero-order chi connectivity index (χ0) is 14.5. The molecule has 1 unspecified atom stereocenters. The van der Waals surface area contributed by atoms with Crippen LogP contribution in [0.2, 0.25) is 0 Å². The highest BCUT2D eigenvalue weighted by atomic mass is 16.5. The van der Waals surface area contributed by atoms with Gasteiger partial charge in [-0.05, 0) is 30.4 Å². The molecule has 1 aromatic carbocycles. The minimum absolute atomic E-state index is 0.622. The molecule has 0 saturated heterocycles. The van der Waals surface area contributed by atoms with E-state index in [-0.39, 0.29) is 0 Å². The van der Waals surface area contributed by atoms with Crippen molar-refractivity contribution in [2.45, 2.75) is 25.4 Å². The van der Waals surface area contributed by atoms with Crippen LogP contribution in [0.1, 0.15) is 18.4 Å². The maximum atomic E-state index is 5.66. The van der Waals surface area contributed by atoms with Crippen LogP contribution in [0.3, 0.4) is 0 Å². The number of benzene rings is 1. The van der Waals surface area contributed by atoms with E-state index >= 15 is 0 Å². The summed E-state index contributed by atoms with van der Waals surface area (Å²) >= 11 is 0. The fraction of sp³-hybridized carbons (Fsp3) is 0.647. The van der Waals surface area contributed by atoms with Crippen LogP contribution < -0.4 is 10.2 Å². The van der Waals surface area contributed by atoms with Gasteiger partial charge in [0, 0.05) is 38.5 Å². The number of rotatable bonds is 7. The second-order valence-corrected chi connectivity index (χ2v) is 6.00. The predicted molar refractivity (Wildman–Crippen MR) is 84.7 cm³/mol. The van der Waals surface area contributed by atoms with Crippen LogP contribution in [0.25, 0.3) is 0 Å². The highest BCUT2D eigenvalue weighted by Gasteiger charge is 2.33. The zero-order valence-electron chi connectivity index (χ0n) is 12.9. The molecule has 1 aliphatic heterocycles. The maximum Gasteiger partial charge on any atom is 0.0701 e. The van der Waals surface area contributed by atoms with Crippen molar-refractivity contribution in [2.24, 2.45) is 5.92 Å². The van der Waals surface area contributed by atoms with Crippen molar-refractivity contribution in [3.63, 3.8) is 0 Å². The van der Waals surface area contributed by atoms with E-state index in [2.05, 4.69) is 34.5 Å². The molecule has 1 aromatic rings. The van der Waals surface area contributed by atoms with Gasteiger partial charge >= 0.3 is 0 Å². The van der Waals surface area contributed by atoms with Gasteiger partial charge in [0.1, 0.15) is 0 Å². The fourth-order valence-electron chi connectivity index (χ4n) is 3.06. The Labute approximate surface area is 127 Å². The molecule has 3 rings (SSSR count). The molecule has 21 heavy (non-hydrogen) atoms. The van der Waals surface area contributed by atoms with Crippen LogP contribution in [-0.2, 0) is 16.0 Å². The van der Waals surface area contributed by atoms with Crippen LogP contribution in [0.4, 0.5) is 5.69 Å². The lowest BCUT2D eigenvalue weighted by atomic mass is 10.1. The van der Waals surface area contributed by atoms with Crippen LogP contribution >= 0.6 is 0 Å². The topological polar surface area (TPSA) is 33.7 Å². The summed E-state index contributed by atoms with van der Waals surface area (Å²) in [5, 5.41) is 3.74. The number of hydrogen-bond donors (Lipinski definition) is 1. The Morgan fingerprint density at radius 1 is 1.19 bits per heavy atom. The SMILES string of the molecule is COCCOCCN1CC(C2CC2)NCc2ccccc21. The minimum atomic E-state index is 0.622. The summed E-state index contributed by atoms with van der Waals surface area (Å²) in [6.07, 6.45) is 2.76. The first kappa shape index (κ1) is 14.8. The van der Waals surface area contributed by atoms with Crippen LogP contribution in [0.15, 0.2) is 24.3 Å². The van der Waals surface area contributed by atoms with Crippen molar-refractivity contribution >= 4 is 5.69 Å². The lowest BCUT2D eigenvalue weighted by molar-refractivity contribution is 0.0739. The van der Waals surface area contributed by atoms with Gasteiger partial charge < -0.3 is 19.7 Å². The quantitative estimate of drug-likeness (QED) is 0.779. The number of hydrogen-bond acceptors (Lipinski definition) is 4. The smallest absolute Gasteiger partial charge is 0.0701 e. The van der Waals surface area contributed by atoms with E-state index < -0.39 is 0 Å². The van der Waals surface area contributed by atoms with E-state index in [0.717, 1.165) is 32.2 Å². The van der Waals surface area contributed by atoms with Crippen LogP contribution in [0.5, 0.6) is 0 Å². The van der Waals surface area contributed by atoms with Crippen molar-refractivity contribution in [1.82, 2.24) is 5.32 Å². The first-order valence-corrected chi connectivity index (χ1v) is 8.01. The number of ether oxygens (including phenoxy) is 2. The third-order valence-corrected chi connectivity index (χ3v) is 4.43. The second kappa shape index (κ2) is 7.25. The molecule has 0 amide bonds. The predicted octanol–water partition coefficient (Wildman–Crippen LogP) is 2.04. The van der Waals surface area contributed by atoms with E-state index in [1.54, 1.807) is 7.11 Å². The molecule has 0 spiro atoms. The van der Waals surface area contributed by atoms with E-state index in [4.69, 9.17) is 9.47 Å². The molecule has 4 nitrogen and oxygen atoms in total. The standard InChI is InChI=1S/C17H26N2O2/c1-20-10-11-21-9-8-19-13-16(14-6-7-14)18-12-15-4-2-3-5-17(15)19/h2-5,14,16,18H,6-13H2,1H3. The van der Waals surface area contributed by atoms with Gasteiger partial charge in [0.25, 0.3) is 0 Å². The Balaban J connectivity index is 1.62. The maximum absolute atomic E-state index is 5.66. The van der Waals surface area contributed by atoms with E-state index in [0.29, 0.717) is 19.3 Å². The molecule has 0 bridgehead atoms. The van der Waals surface area contributed by atoms with Gasteiger partial charge in [0.2, 0.25) is 0 Å². The number of methoxy groups -OCH3 is 1. The summed E-state index contributed by atoms with van der Waals surface area (Å²) in [7, 11) is 1.71. The van der Waals surface area contributed by atoms with Crippen molar-refractivity contribution in [1.29, 1.82) is 0 Å². The number of fused-ring (bicyclic) bond motifs is 1. The summed E-state index contributed by atoms with van der Waals surface area (Å²) < 4.78 is 10.7. The van der Waals surface area contributed by atoms with Crippen LogP contribution in [-0.4, -0.2) is 46.1 Å². The lowest BCUT2D eigenvalue weighted by Crippen LogP contribution is -2.41. The average Bonchev–Trinajstić information content (AvgIpc) is 3.34.